The Kier molecular flexibility index (Phi) is 5.90. The predicted octanol–water partition coefficient (Wildman–Crippen LogP) is 1.81. The highest BCUT2D eigenvalue weighted by Gasteiger charge is 2.30. The largest absolute Gasteiger partial charge is 0.396 e. The maximum atomic E-state index is 9.68. The summed E-state index contributed by atoms with van der Waals surface area (Å²) in [6.07, 6.45) is 3.38. The van der Waals surface area contributed by atoms with Gasteiger partial charge in [-0.3, -0.25) is 4.90 Å². The van der Waals surface area contributed by atoms with Gasteiger partial charge in [0.2, 0.25) is 0 Å². The molecule has 0 amide bonds. The first kappa shape index (κ1) is 14.9. The van der Waals surface area contributed by atoms with Gasteiger partial charge in [0, 0.05) is 31.2 Å². The van der Waals surface area contributed by atoms with E-state index in [4.69, 9.17) is 0 Å². The second-order valence-corrected chi connectivity index (χ2v) is 5.80. The summed E-state index contributed by atoms with van der Waals surface area (Å²) >= 11 is 0. The molecule has 1 fully saturated rings. The molecular formula is C14H30N2O. The molecular weight excluding hydrogens is 212 g/mol. The SMILES string of the molecule is CCC(CC)(CO)CN1CCCN(C)CC1C. The lowest BCUT2D eigenvalue weighted by molar-refractivity contribution is 0.0511. The van der Waals surface area contributed by atoms with Gasteiger partial charge < -0.3 is 10.0 Å². The number of aliphatic hydroxyl groups is 1. The minimum absolute atomic E-state index is 0.108. The van der Waals surface area contributed by atoms with E-state index in [0.717, 1.165) is 25.9 Å². The lowest BCUT2D eigenvalue weighted by Crippen LogP contribution is -2.45. The van der Waals surface area contributed by atoms with Gasteiger partial charge in [0.05, 0.1) is 0 Å². The lowest BCUT2D eigenvalue weighted by Gasteiger charge is -2.38. The molecule has 1 rings (SSSR count). The molecule has 17 heavy (non-hydrogen) atoms. The summed E-state index contributed by atoms with van der Waals surface area (Å²) in [7, 11) is 2.21. The third-order valence-electron chi connectivity index (χ3n) is 4.56. The number of likely N-dealkylation sites (N-methyl/N-ethyl adjacent to an activating group) is 1. The summed E-state index contributed by atoms with van der Waals surface area (Å²) in [4.78, 5) is 5.00. The Labute approximate surface area is 107 Å². The van der Waals surface area contributed by atoms with E-state index in [1.165, 1.54) is 19.5 Å². The standard InChI is InChI=1S/C14H30N2O/c1-5-14(6-2,12-17)11-16-9-7-8-15(4)10-13(16)3/h13,17H,5-12H2,1-4H3. The van der Waals surface area contributed by atoms with Crippen molar-refractivity contribution in [1.29, 1.82) is 0 Å². The molecule has 1 aliphatic heterocycles. The van der Waals surface area contributed by atoms with Crippen LogP contribution < -0.4 is 0 Å². The first-order valence-electron chi connectivity index (χ1n) is 7.10. The van der Waals surface area contributed by atoms with Crippen molar-refractivity contribution in [2.75, 3.05) is 39.8 Å². The Morgan fingerprint density at radius 1 is 1.24 bits per heavy atom. The van der Waals surface area contributed by atoms with Gasteiger partial charge in [-0.2, -0.15) is 0 Å². The van der Waals surface area contributed by atoms with Gasteiger partial charge in [-0.05, 0) is 46.3 Å². The Hall–Kier alpha value is -0.120. The Morgan fingerprint density at radius 3 is 2.41 bits per heavy atom. The van der Waals surface area contributed by atoms with Crippen LogP contribution in [0.4, 0.5) is 0 Å². The zero-order valence-electron chi connectivity index (χ0n) is 12.1. The van der Waals surface area contributed by atoms with Crippen molar-refractivity contribution in [2.45, 2.75) is 46.1 Å². The van der Waals surface area contributed by atoms with E-state index in [-0.39, 0.29) is 5.41 Å². The van der Waals surface area contributed by atoms with Crippen molar-refractivity contribution < 1.29 is 5.11 Å². The van der Waals surface area contributed by atoms with E-state index in [1.807, 2.05) is 0 Å². The second kappa shape index (κ2) is 6.72. The van der Waals surface area contributed by atoms with Crippen LogP contribution in [0.15, 0.2) is 0 Å². The number of hydrogen-bond donors (Lipinski definition) is 1. The summed E-state index contributed by atoms with van der Waals surface area (Å²) in [5, 5.41) is 9.68. The second-order valence-electron chi connectivity index (χ2n) is 5.80. The van der Waals surface area contributed by atoms with Crippen molar-refractivity contribution >= 4 is 0 Å². The summed E-state index contributed by atoms with van der Waals surface area (Å²) in [6, 6.07) is 0.603. The van der Waals surface area contributed by atoms with E-state index >= 15 is 0 Å². The molecule has 3 heteroatoms. The van der Waals surface area contributed by atoms with Crippen LogP contribution in [0.1, 0.15) is 40.0 Å². The molecule has 0 aromatic heterocycles. The monoisotopic (exact) mass is 242 g/mol. The zero-order chi connectivity index (χ0) is 12.9. The molecule has 3 nitrogen and oxygen atoms in total. The van der Waals surface area contributed by atoms with Crippen LogP contribution in [0.3, 0.4) is 0 Å². The molecule has 1 atom stereocenters. The first-order chi connectivity index (χ1) is 8.06. The van der Waals surface area contributed by atoms with E-state index in [2.05, 4.69) is 37.6 Å². The van der Waals surface area contributed by atoms with Gasteiger partial charge >= 0.3 is 0 Å². The highest BCUT2D eigenvalue weighted by atomic mass is 16.3. The zero-order valence-corrected chi connectivity index (χ0v) is 12.1. The summed E-state index contributed by atoms with van der Waals surface area (Å²) in [6.45, 7) is 11.6. The molecule has 0 bridgehead atoms. The van der Waals surface area contributed by atoms with Crippen LogP contribution in [0.25, 0.3) is 0 Å². The van der Waals surface area contributed by atoms with Crippen molar-refractivity contribution in [1.82, 2.24) is 9.80 Å². The quantitative estimate of drug-likeness (QED) is 0.796. The molecule has 0 aromatic carbocycles. The van der Waals surface area contributed by atoms with E-state index in [1.54, 1.807) is 0 Å². The molecule has 1 saturated heterocycles. The maximum Gasteiger partial charge on any atom is 0.0499 e. The molecule has 1 aliphatic rings. The Bertz CT molecular complexity index is 208. The van der Waals surface area contributed by atoms with Crippen LogP contribution in [-0.4, -0.2) is 60.8 Å². The van der Waals surface area contributed by atoms with Gasteiger partial charge in [-0.15, -0.1) is 0 Å². The van der Waals surface area contributed by atoms with Crippen LogP contribution in [0.2, 0.25) is 0 Å². The molecule has 0 radical (unpaired) electrons. The van der Waals surface area contributed by atoms with Crippen LogP contribution in [0, 0.1) is 5.41 Å². The van der Waals surface area contributed by atoms with E-state index in [0.29, 0.717) is 12.6 Å². The van der Waals surface area contributed by atoms with E-state index < -0.39 is 0 Å². The average molecular weight is 242 g/mol. The lowest BCUT2D eigenvalue weighted by atomic mass is 9.82. The third-order valence-corrected chi connectivity index (χ3v) is 4.56. The Morgan fingerprint density at radius 2 is 1.88 bits per heavy atom. The third kappa shape index (κ3) is 3.94. The van der Waals surface area contributed by atoms with E-state index in [9.17, 15) is 5.11 Å². The van der Waals surface area contributed by atoms with Crippen molar-refractivity contribution in [3.63, 3.8) is 0 Å². The topological polar surface area (TPSA) is 26.7 Å². The molecule has 1 unspecified atom stereocenters. The smallest absolute Gasteiger partial charge is 0.0499 e. The number of rotatable bonds is 5. The summed E-state index contributed by atoms with van der Waals surface area (Å²) in [5.74, 6) is 0. The van der Waals surface area contributed by atoms with Crippen molar-refractivity contribution in [3.8, 4) is 0 Å². The molecule has 0 aliphatic carbocycles. The van der Waals surface area contributed by atoms with Crippen molar-refractivity contribution in [3.05, 3.63) is 0 Å². The van der Waals surface area contributed by atoms with Crippen molar-refractivity contribution in [2.24, 2.45) is 5.41 Å². The molecule has 102 valence electrons. The van der Waals surface area contributed by atoms with Gasteiger partial charge in [-0.25, -0.2) is 0 Å². The fraction of sp³-hybridized carbons (Fsp3) is 1.00. The average Bonchev–Trinajstić information content (AvgIpc) is 2.48. The van der Waals surface area contributed by atoms with Gasteiger partial charge in [0.15, 0.2) is 0 Å². The minimum Gasteiger partial charge on any atom is -0.396 e. The minimum atomic E-state index is 0.108. The number of hydrogen-bond acceptors (Lipinski definition) is 3. The van der Waals surface area contributed by atoms with Gasteiger partial charge in [0.25, 0.3) is 0 Å². The molecule has 0 saturated carbocycles. The fourth-order valence-electron chi connectivity index (χ4n) is 2.83. The van der Waals surface area contributed by atoms with Crippen LogP contribution in [-0.2, 0) is 0 Å². The normalized spacial score (nSPS) is 24.9. The van der Waals surface area contributed by atoms with Gasteiger partial charge in [0.1, 0.15) is 0 Å². The Balaban J connectivity index is 2.64. The molecule has 0 spiro atoms. The maximum absolute atomic E-state index is 9.68. The highest BCUT2D eigenvalue weighted by Crippen LogP contribution is 2.28. The predicted molar refractivity (Wildman–Crippen MR) is 73.2 cm³/mol. The summed E-state index contributed by atoms with van der Waals surface area (Å²) in [5.41, 5.74) is 0.108. The number of nitrogens with zero attached hydrogens (tertiary/aromatic N) is 2. The molecule has 0 aromatic rings. The molecule has 1 heterocycles. The molecule has 1 N–H and O–H groups in total. The summed E-state index contributed by atoms with van der Waals surface area (Å²) < 4.78 is 0. The number of aliphatic hydroxyl groups excluding tert-OH is 1. The highest BCUT2D eigenvalue weighted by molar-refractivity contribution is 4.84. The van der Waals surface area contributed by atoms with Crippen LogP contribution >= 0.6 is 0 Å². The first-order valence-corrected chi connectivity index (χ1v) is 7.10. The fourth-order valence-corrected chi connectivity index (χ4v) is 2.83. The van der Waals surface area contributed by atoms with Crippen LogP contribution in [0.5, 0.6) is 0 Å². The van der Waals surface area contributed by atoms with Gasteiger partial charge in [-0.1, -0.05) is 13.8 Å².